The fourth-order valence-electron chi connectivity index (χ4n) is 2.66. The smallest absolute Gasteiger partial charge is 0.258 e. The third-order valence-corrected chi connectivity index (χ3v) is 4.21. The maximum absolute atomic E-state index is 14.0. The fraction of sp³-hybridized carbons (Fsp3) is 0.158. The molecule has 1 aromatic carbocycles. The number of amidine groups is 1. The summed E-state index contributed by atoms with van der Waals surface area (Å²) >= 11 is 0. The molecule has 0 aliphatic heterocycles. The minimum atomic E-state index is -0.906. The summed E-state index contributed by atoms with van der Waals surface area (Å²) in [5, 5.41) is 11.9. The Balaban J connectivity index is 1.71. The van der Waals surface area contributed by atoms with E-state index >= 15 is 0 Å². The molecule has 1 heterocycles. The molecule has 0 radical (unpaired) electrons. The Morgan fingerprint density at radius 1 is 1.38 bits per heavy atom. The number of hydrogen-bond acceptors (Lipinski definition) is 4. The molecule has 1 aliphatic rings. The van der Waals surface area contributed by atoms with Crippen molar-refractivity contribution in [2.24, 2.45) is 10.7 Å². The molecule has 0 spiro atoms. The lowest BCUT2D eigenvalue weighted by Gasteiger charge is -2.12. The zero-order chi connectivity index (χ0) is 18.6. The molecular weight excluding hydrogens is 333 g/mol. The summed E-state index contributed by atoms with van der Waals surface area (Å²) in [6.07, 6.45) is 6.97. The molecular formula is C19H16FN5O. The van der Waals surface area contributed by atoms with Gasteiger partial charge in [0.15, 0.2) is 0 Å². The topological polar surface area (TPSA) is 104 Å². The molecule has 2 aromatic rings. The summed E-state index contributed by atoms with van der Waals surface area (Å²) in [4.78, 5) is 20.2. The number of aromatic nitrogens is 1. The van der Waals surface area contributed by atoms with Crippen molar-refractivity contribution in [1.82, 2.24) is 4.98 Å². The van der Waals surface area contributed by atoms with Crippen molar-refractivity contribution in [1.29, 1.82) is 5.26 Å². The van der Waals surface area contributed by atoms with Crippen LogP contribution in [-0.2, 0) is 10.2 Å². The summed E-state index contributed by atoms with van der Waals surface area (Å²) < 4.78 is 14.0. The van der Waals surface area contributed by atoms with Gasteiger partial charge in [-0.1, -0.05) is 18.2 Å². The number of carbonyl (C=O) groups is 1. The van der Waals surface area contributed by atoms with Crippen LogP contribution in [0, 0.1) is 17.1 Å². The maximum Gasteiger partial charge on any atom is 0.258 e. The molecule has 0 atom stereocenters. The monoisotopic (exact) mass is 349 g/mol. The first-order chi connectivity index (χ1) is 12.6. The highest BCUT2D eigenvalue weighted by Gasteiger charge is 2.52. The molecule has 0 bridgehead atoms. The first kappa shape index (κ1) is 17.3. The van der Waals surface area contributed by atoms with Crippen molar-refractivity contribution in [2.75, 3.05) is 5.32 Å². The summed E-state index contributed by atoms with van der Waals surface area (Å²) in [6.45, 7) is 0. The number of carbonyl (C=O) groups excluding carboxylic acids is 1. The Hall–Kier alpha value is -3.53. The third kappa shape index (κ3) is 3.44. The molecule has 0 saturated heterocycles. The number of pyridine rings is 1. The van der Waals surface area contributed by atoms with Crippen LogP contribution in [0.4, 0.5) is 10.1 Å². The molecule has 1 amide bonds. The first-order valence-corrected chi connectivity index (χ1v) is 7.97. The lowest BCUT2D eigenvalue weighted by Crippen LogP contribution is -2.23. The molecule has 6 nitrogen and oxygen atoms in total. The normalized spacial score (nSPS) is 15.5. The average Bonchev–Trinajstić information content (AvgIpc) is 3.44. The highest BCUT2D eigenvalue weighted by molar-refractivity contribution is 6.04. The van der Waals surface area contributed by atoms with Crippen molar-refractivity contribution in [3.05, 3.63) is 71.9 Å². The van der Waals surface area contributed by atoms with Gasteiger partial charge in [0.25, 0.3) is 5.91 Å². The number of benzene rings is 1. The van der Waals surface area contributed by atoms with Gasteiger partial charge in [0.05, 0.1) is 16.7 Å². The minimum Gasteiger partial charge on any atom is -0.384 e. The van der Waals surface area contributed by atoms with Gasteiger partial charge in [-0.15, -0.1) is 0 Å². The van der Waals surface area contributed by atoms with Crippen molar-refractivity contribution < 1.29 is 9.18 Å². The lowest BCUT2D eigenvalue weighted by molar-refractivity contribution is -0.120. The van der Waals surface area contributed by atoms with Gasteiger partial charge in [0, 0.05) is 24.2 Å². The van der Waals surface area contributed by atoms with E-state index in [-0.39, 0.29) is 5.84 Å². The maximum atomic E-state index is 14.0. The molecule has 3 rings (SSSR count). The lowest BCUT2D eigenvalue weighted by atomic mass is 9.94. The number of amides is 1. The van der Waals surface area contributed by atoms with Gasteiger partial charge in [0.1, 0.15) is 17.7 Å². The Kier molecular flexibility index (Phi) is 4.76. The number of nitrogens with zero attached hydrogens (tertiary/aromatic N) is 3. The van der Waals surface area contributed by atoms with Crippen LogP contribution in [0.5, 0.6) is 0 Å². The second kappa shape index (κ2) is 7.15. The van der Waals surface area contributed by atoms with E-state index in [2.05, 4.69) is 15.3 Å². The van der Waals surface area contributed by atoms with E-state index in [4.69, 9.17) is 11.0 Å². The Bertz CT molecular complexity index is 941. The second-order valence-electron chi connectivity index (χ2n) is 5.91. The number of rotatable bonds is 5. The SMILES string of the molecule is N#Cc1cnccc1N/C=C\C(N)=NC(=O)C1(c2ccccc2F)CC1. The van der Waals surface area contributed by atoms with E-state index in [0.29, 0.717) is 29.7 Å². The van der Waals surface area contributed by atoms with E-state index in [9.17, 15) is 9.18 Å². The third-order valence-electron chi connectivity index (χ3n) is 4.21. The van der Waals surface area contributed by atoms with Crippen LogP contribution in [0.15, 0.2) is 60.0 Å². The van der Waals surface area contributed by atoms with Crippen molar-refractivity contribution in [2.45, 2.75) is 18.3 Å². The number of nitrogens with two attached hydrogens (primary N) is 1. The van der Waals surface area contributed by atoms with E-state index in [0.717, 1.165) is 0 Å². The minimum absolute atomic E-state index is 0.00215. The summed E-state index contributed by atoms with van der Waals surface area (Å²) in [5.74, 6) is -0.866. The largest absolute Gasteiger partial charge is 0.384 e. The van der Waals surface area contributed by atoms with Gasteiger partial charge < -0.3 is 11.1 Å². The van der Waals surface area contributed by atoms with Crippen LogP contribution in [0.3, 0.4) is 0 Å². The van der Waals surface area contributed by atoms with Crippen LogP contribution in [0.25, 0.3) is 0 Å². The highest BCUT2D eigenvalue weighted by atomic mass is 19.1. The molecule has 1 aromatic heterocycles. The molecule has 0 unspecified atom stereocenters. The van der Waals surface area contributed by atoms with Crippen LogP contribution < -0.4 is 11.1 Å². The van der Waals surface area contributed by atoms with Crippen molar-refractivity contribution >= 4 is 17.4 Å². The van der Waals surface area contributed by atoms with Crippen LogP contribution in [-0.4, -0.2) is 16.7 Å². The van der Waals surface area contributed by atoms with Gasteiger partial charge in [-0.3, -0.25) is 9.78 Å². The van der Waals surface area contributed by atoms with Crippen molar-refractivity contribution in [3.63, 3.8) is 0 Å². The zero-order valence-corrected chi connectivity index (χ0v) is 13.8. The highest BCUT2D eigenvalue weighted by Crippen LogP contribution is 2.50. The first-order valence-electron chi connectivity index (χ1n) is 7.97. The van der Waals surface area contributed by atoms with E-state index < -0.39 is 17.1 Å². The Morgan fingerprint density at radius 2 is 2.15 bits per heavy atom. The van der Waals surface area contributed by atoms with Gasteiger partial charge in [-0.2, -0.15) is 10.3 Å². The number of halogens is 1. The quantitative estimate of drug-likeness (QED) is 0.638. The summed E-state index contributed by atoms with van der Waals surface area (Å²) in [5.41, 5.74) is 6.17. The number of anilines is 1. The fourth-order valence-corrected chi connectivity index (χ4v) is 2.66. The second-order valence-corrected chi connectivity index (χ2v) is 5.91. The van der Waals surface area contributed by atoms with Gasteiger partial charge in [0.2, 0.25) is 0 Å². The standard InChI is InChI=1S/C19H16FN5O/c20-15-4-2-1-3-14(15)19(7-8-19)18(26)25-17(22)6-10-24-16-5-9-23-12-13(16)11-21/h1-6,9-10,12H,7-8H2,(H,23,24)(H2,22,25,26)/b10-6-. The van der Waals surface area contributed by atoms with Crippen LogP contribution in [0.1, 0.15) is 24.0 Å². The molecule has 3 N–H and O–H groups in total. The predicted octanol–water partition coefficient (Wildman–Crippen LogP) is 2.63. The predicted molar refractivity (Wildman–Crippen MR) is 95.7 cm³/mol. The number of hydrogen-bond donors (Lipinski definition) is 2. The Morgan fingerprint density at radius 3 is 2.85 bits per heavy atom. The number of nitrogens with one attached hydrogen (secondary N) is 1. The molecule has 130 valence electrons. The summed E-state index contributed by atoms with van der Waals surface area (Å²) in [6, 6.07) is 9.87. The van der Waals surface area contributed by atoms with Gasteiger partial charge >= 0.3 is 0 Å². The molecule has 1 aliphatic carbocycles. The van der Waals surface area contributed by atoms with Crippen molar-refractivity contribution in [3.8, 4) is 6.07 Å². The average molecular weight is 349 g/mol. The molecule has 1 saturated carbocycles. The van der Waals surface area contributed by atoms with E-state index in [1.54, 1.807) is 30.5 Å². The number of nitriles is 1. The molecule has 26 heavy (non-hydrogen) atoms. The molecule has 7 heteroatoms. The van der Waals surface area contributed by atoms with E-state index in [1.807, 2.05) is 6.07 Å². The van der Waals surface area contributed by atoms with E-state index in [1.165, 1.54) is 24.5 Å². The zero-order valence-electron chi connectivity index (χ0n) is 13.8. The summed E-state index contributed by atoms with van der Waals surface area (Å²) in [7, 11) is 0. The Labute approximate surface area is 149 Å². The van der Waals surface area contributed by atoms with Crippen LogP contribution in [0.2, 0.25) is 0 Å². The number of aliphatic imine (C=N–C) groups is 1. The molecule has 1 fully saturated rings. The van der Waals surface area contributed by atoms with Gasteiger partial charge in [-0.25, -0.2) is 4.39 Å². The van der Waals surface area contributed by atoms with Crippen LogP contribution >= 0.6 is 0 Å². The van der Waals surface area contributed by atoms with Gasteiger partial charge in [-0.05, 0) is 31.1 Å².